The Kier molecular flexibility index (Phi) is 6.96. The highest BCUT2D eigenvalue weighted by Crippen LogP contribution is 2.12. The van der Waals surface area contributed by atoms with Gasteiger partial charge in [-0.3, -0.25) is 4.79 Å². The Morgan fingerprint density at radius 3 is 2.18 bits per heavy atom. The number of oxime groups is 1. The Morgan fingerprint density at radius 1 is 0.857 bits per heavy atom. The molecule has 0 heterocycles. The molecule has 1 N–H and O–H groups in total. The normalized spacial score (nSPS) is 11.1. The number of carbonyl (C=O) groups excluding carboxylic acids is 1. The Bertz CT molecular complexity index is 904. The number of nitrogens with one attached hydrogen (secondary N) is 1. The van der Waals surface area contributed by atoms with Crippen LogP contribution in [0.5, 0.6) is 0 Å². The van der Waals surface area contributed by atoms with Crippen LogP contribution < -0.4 is 5.32 Å². The smallest absolute Gasteiger partial charge is 0.224 e. The Hall–Kier alpha value is -3.40. The molecule has 0 spiro atoms. The minimum atomic E-state index is -0.0472. The Balaban J connectivity index is 1.64. The van der Waals surface area contributed by atoms with Crippen molar-refractivity contribution in [2.45, 2.75) is 26.4 Å². The van der Waals surface area contributed by atoms with Crippen molar-refractivity contribution in [2.75, 3.05) is 5.32 Å². The number of hydrogen-bond acceptors (Lipinski definition) is 3. The molecule has 0 saturated heterocycles. The molecule has 142 valence electrons. The van der Waals surface area contributed by atoms with Gasteiger partial charge in [-0.1, -0.05) is 83.5 Å². The summed E-state index contributed by atoms with van der Waals surface area (Å²) in [6.07, 6.45) is 0.826. The number of carbonyl (C=O) groups is 1. The van der Waals surface area contributed by atoms with Gasteiger partial charge in [0.25, 0.3) is 0 Å². The standard InChI is InChI=1S/C24H24N2O2/c1-19-12-14-21(15-13-19)23(26-28-18-20-8-4-2-5-9-20)16-17-24(27)25-22-10-6-3-7-11-22/h2-15H,16-18H2,1H3,(H,25,27)/b26-23+. The first-order chi connectivity index (χ1) is 13.7. The number of nitrogens with zero attached hydrogens (tertiary/aromatic N) is 1. The highest BCUT2D eigenvalue weighted by Gasteiger charge is 2.09. The first-order valence-electron chi connectivity index (χ1n) is 9.35. The van der Waals surface area contributed by atoms with Crippen molar-refractivity contribution in [2.24, 2.45) is 5.16 Å². The Morgan fingerprint density at radius 2 is 1.50 bits per heavy atom. The number of para-hydroxylation sites is 1. The number of aryl methyl sites for hydroxylation is 1. The van der Waals surface area contributed by atoms with Crippen LogP contribution in [0.1, 0.15) is 29.5 Å². The first kappa shape index (κ1) is 19.4. The molecule has 0 aliphatic heterocycles. The molecule has 0 atom stereocenters. The van der Waals surface area contributed by atoms with Gasteiger partial charge in [-0.2, -0.15) is 0 Å². The number of rotatable bonds is 8. The molecule has 3 aromatic carbocycles. The molecule has 0 aromatic heterocycles. The number of anilines is 1. The van der Waals surface area contributed by atoms with Crippen molar-refractivity contribution in [1.82, 2.24) is 0 Å². The zero-order valence-electron chi connectivity index (χ0n) is 16.0. The maximum absolute atomic E-state index is 12.3. The molecule has 0 unspecified atom stereocenters. The average molecular weight is 372 g/mol. The van der Waals surface area contributed by atoms with E-state index >= 15 is 0 Å². The predicted octanol–water partition coefficient (Wildman–Crippen LogP) is 5.33. The highest BCUT2D eigenvalue weighted by molar-refractivity contribution is 6.03. The molecule has 4 heteroatoms. The molecule has 0 saturated carbocycles. The van der Waals surface area contributed by atoms with Gasteiger partial charge in [0.1, 0.15) is 6.61 Å². The maximum atomic E-state index is 12.3. The van der Waals surface area contributed by atoms with Crippen molar-refractivity contribution >= 4 is 17.3 Å². The van der Waals surface area contributed by atoms with Gasteiger partial charge in [0, 0.05) is 18.5 Å². The van der Waals surface area contributed by atoms with E-state index in [2.05, 4.69) is 10.5 Å². The Labute approximate surface area is 165 Å². The van der Waals surface area contributed by atoms with Gasteiger partial charge in [-0.15, -0.1) is 0 Å². The SMILES string of the molecule is Cc1ccc(/C(CCC(=O)Nc2ccccc2)=N/OCc2ccccc2)cc1. The number of benzene rings is 3. The summed E-state index contributed by atoms with van der Waals surface area (Å²) in [7, 11) is 0. The van der Waals surface area contributed by atoms with Gasteiger partial charge in [0.15, 0.2) is 0 Å². The highest BCUT2D eigenvalue weighted by atomic mass is 16.6. The van der Waals surface area contributed by atoms with Gasteiger partial charge < -0.3 is 10.2 Å². The second-order valence-corrected chi connectivity index (χ2v) is 6.58. The zero-order chi connectivity index (χ0) is 19.6. The summed E-state index contributed by atoms with van der Waals surface area (Å²) in [6.45, 7) is 2.44. The van der Waals surface area contributed by atoms with Crippen LogP contribution in [0.15, 0.2) is 90.1 Å². The molecular weight excluding hydrogens is 348 g/mol. The van der Waals surface area contributed by atoms with E-state index in [-0.39, 0.29) is 5.91 Å². The molecule has 0 aliphatic rings. The first-order valence-corrected chi connectivity index (χ1v) is 9.35. The van der Waals surface area contributed by atoms with E-state index in [1.54, 1.807) is 0 Å². The van der Waals surface area contributed by atoms with E-state index in [9.17, 15) is 4.79 Å². The summed E-state index contributed by atoms with van der Waals surface area (Å²) in [6, 6.07) is 27.4. The van der Waals surface area contributed by atoms with Gasteiger partial charge in [0.2, 0.25) is 5.91 Å². The second-order valence-electron chi connectivity index (χ2n) is 6.58. The quantitative estimate of drug-likeness (QED) is 0.429. The largest absolute Gasteiger partial charge is 0.391 e. The lowest BCUT2D eigenvalue weighted by molar-refractivity contribution is -0.116. The summed E-state index contributed by atoms with van der Waals surface area (Å²) < 4.78 is 0. The third-order valence-corrected chi connectivity index (χ3v) is 4.28. The lowest BCUT2D eigenvalue weighted by Gasteiger charge is -2.09. The van der Waals surface area contributed by atoms with Crippen LogP contribution >= 0.6 is 0 Å². The molecule has 1 amide bonds. The third-order valence-electron chi connectivity index (χ3n) is 4.28. The summed E-state index contributed by atoms with van der Waals surface area (Å²) >= 11 is 0. The van der Waals surface area contributed by atoms with Crippen LogP contribution in [0, 0.1) is 6.92 Å². The fraction of sp³-hybridized carbons (Fsp3) is 0.167. The lowest BCUT2D eigenvalue weighted by atomic mass is 10.0. The van der Waals surface area contributed by atoms with E-state index in [1.165, 1.54) is 5.56 Å². The van der Waals surface area contributed by atoms with Crippen LogP contribution in [0.4, 0.5) is 5.69 Å². The summed E-state index contributed by atoms with van der Waals surface area (Å²) in [4.78, 5) is 17.9. The molecule has 4 nitrogen and oxygen atoms in total. The maximum Gasteiger partial charge on any atom is 0.224 e. The van der Waals surface area contributed by atoms with Crippen LogP contribution in [0.2, 0.25) is 0 Å². The minimum Gasteiger partial charge on any atom is -0.391 e. The molecule has 3 rings (SSSR count). The molecule has 28 heavy (non-hydrogen) atoms. The molecule has 0 aliphatic carbocycles. The van der Waals surface area contributed by atoms with Crippen LogP contribution in [0.25, 0.3) is 0 Å². The van der Waals surface area contributed by atoms with Crippen LogP contribution in [0.3, 0.4) is 0 Å². The second kappa shape index (κ2) is 10.1. The molecule has 0 radical (unpaired) electrons. The third kappa shape index (κ3) is 6.09. The van der Waals surface area contributed by atoms with Crippen molar-refractivity contribution in [3.8, 4) is 0 Å². The summed E-state index contributed by atoms with van der Waals surface area (Å²) in [5, 5.41) is 7.24. The van der Waals surface area contributed by atoms with Gasteiger partial charge in [-0.25, -0.2) is 0 Å². The topological polar surface area (TPSA) is 50.7 Å². The van der Waals surface area contributed by atoms with Crippen LogP contribution in [-0.4, -0.2) is 11.6 Å². The summed E-state index contributed by atoms with van der Waals surface area (Å²) in [5.41, 5.74) is 4.75. The van der Waals surface area contributed by atoms with Gasteiger partial charge in [0.05, 0.1) is 5.71 Å². The average Bonchev–Trinajstić information content (AvgIpc) is 2.73. The van der Waals surface area contributed by atoms with E-state index < -0.39 is 0 Å². The number of amides is 1. The van der Waals surface area contributed by atoms with Gasteiger partial charge >= 0.3 is 0 Å². The fourth-order valence-corrected chi connectivity index (χ4v) is 2.72. The molecule has 3 aromatic rings. The molecule has 0 bridgehead atoms. The van der Waals surface area contributed by atoms with Gasteiger partial charge in [-0.05, 0) is 30.2 Å². The van der Waals surface area contributed by atoms with Crippen LogP contribution in [-0.2, 0) is 16.2 Å². The van der Waals surface area contributed by atoms with E-state index in [0.717, 1.165) is 22.5 Å². The predicted molar refractivity (Wildman–Crippen MR) is 113 cm³/mol. The minimum absolute atomic E-state index is 0.0472. The fourth-order valence-electron chi connectivity index (χ4n) is 2.72. The van der Waals surface area contributed by atoms with E-state index in [0.29, 0.717) is 19.4 Å². The molecule has 0 fully saturated rings. The van der Waals surface area contributed by atoms with Crippen molar-refractivity contribution in [3.05, 3.63) is 102 Å². The van der Waals surface area contributed by atoms with Crippen molar-refractivity contribution < 1.29 is 9.63 Å². The van der Waals surface area contributed by atoms with Crippen molar-refractivity contribution in [3.63, 3.8) is 0 Å². The lowest BCUT2D eigenvalue weighted by Crippen LogP contribution is -2.14. The summed E-state index contributed by atoms with van der Waals surface area (Å²) in [5.74, 6) is -0.0472. The van der Waals surface area contributed by atoms with E-state index in [4.69, 9.17) is 4.84 Å². The zero-order valence-corrected chi connectivity index (χ0v) is 16.0. The van der Waals surface area contributed by atoms with E-state index in [1.807, 2.05) is 91.9 Å². The van der Waals surface area contributed by atoms with Crippen molar-refractivity contribution in [1.29, 1.82) is 0 Å². The monoisotopic (exact) mass is 372 g/mol. The number of hydrogen-bond donors (Lipinski definition) is 1. The molecular formula is C24H24N2O2.